The molecule has 24 heavy (non-hydrogen) atoms. The van der Waals surface area contributed by atoms with Gasteiger partial charge in [0.15, 0.2) is 6.61 Å². The quantitative estimate of drug-likeness (QED) is 0.690. The maximum Gasteiger partial charge on any atom is 0.265 e. The molecule has 1 N–H and O–H groups in total. The first kappa shape index (κ1) is 15.7. The van der Waals surface area contributed by atoms with E-state index in [1.165, 1.54) is 4.90 Å². The van der Waals surface area contributed by atoms with Crippen molar-refractivity contribution in [3.63, 3.8) is 0 Å². The van der Waals surface area contributed by atoms with Gasteiger partial charge in [-0.15, -0.1) is 0 Å². The van der Waals surface area contributed by atoms with Gasteiger partial charge in [-0.2, -0.15) is 5.10 Å². The van der Waals surface area contributed by atoms with Gasteiger partial charge in [0.25, 0.3) is 11.8 Å². The normalized spacial score (nSPS) is 13.5. The molecule has 1 heterocycles. The summed E-state index contributed by atoms with van der Waals surface area (Å²) in [6.45, 7) is 1.79. The maximum absolute atomic E-state index is 12.1. The van der Waals surface area contributed by atoms with Crippen LogP contribution < -0.4 is 15.1 Å². The predicted octanol–water partition coefficient (Wildman–Crippen LogP) is 1.87. The lowest BCUT2D eigenvalue weighted by atomic mass is 10.1. The SMILES string of the molecule is Cc1ccccc1/C=N\NC(=O)CN1C(=O)COc2ccccc21. The van der Waals surface area contributed by atoms with Crippen molar-refractivity contribution in [2.75, 3.05) is 18.1 Å². The van der Waals surface area contributed by atoms with E-state index in [-0.39, 0.29) is 25.0 Å². The van der Waals surface area contributed by atoms with Crippen molar-refractivity contribution in [3.05, 3.63) is 59.7 Å². The summed E-state index contributed by atoms with van der Waals surface area (Å²) in [7, 11) is 0. The smallest absolute Gasteiger partial charge is 0.265 e. The zero-order chi connectivity index (χ0) is 16.9. The van der Waals surface area contributed by atoms with E-state index in [0.29, 0.717) is 11.4 Å². The first-order valence-electron chi connectivity index (χ1n) is 7.55. The number of carbonyl (C=O) groups is 2. The Bertz CT molecular complexity index is 802. The van der Waals surface area contributed by atoms with Gasteiger partial charge in [0.2, 0.25) is 0 Å². The molecule has 2 amide bonds. The minimum atomic E-state index is -0.370. The van der Waals surface area contributed by atoms with Gasteiger partial charge in [-0.3, -0.25) is 14.5 Å². The molecule has 0 saturated heterocycles. The van der Waals surface area contributed by atoms with Crippen LogP contribution in [0.25, 0.3) is 0 Å². The van der Waals surface area contributed by atoms with Gasteiger partial charge in [-0.25, -0.2) is 5.43 Å². The molecule has 2 aromatic rings. The third-order valence-electron chi connectivity index (χ3n) is 3.69. The lowest BCUT2D eigenvalue weighted by Gasteiger charge is -2.28. The molecule has 0 spiro atoms. The zero-order valence-electron chi connectivity index (χ0n) is 13.2. The number of hydrogen-bond acceptors (Lipinski definition) is 4. The van der Waals surface area contributed by atoms with Gasteiger partial charge in [-0.1, -0.05) is 36.4 Å². The zero-order valence-corrected chi connectivity index (χ0v) is 13.2. The number of ether oxygens (including phenoxy) is 1. The number of para-hydroxylation sites is 2. The van der Waals surface area contributed by atoms with Crippen LogP contribution in [0.2, 0.25) is 0 Å². The molecule has 6 nitrogen and oxygen atoms in total. The fraction of sp³-hybridized carbons (Fsp3) is 0.167. The van der Waals surface area contributed by atoms with Crippen LogP contribution in [0.5, 0.6) is 5.75 Å². The third-order valence-corrected chi connectivity index (χ3v) is 3.69. The number of benzene rings is 2. The number of nitrogens with zero attached hydrogens (tertiary/aromatic N) is 2. The van der Waals surface area contributed by atoms with Crippen LogP contribution in [-0.2, 0) is 9.59 Å². The van der Waals surface area contributed by atoms with Crippen molar-refractivity contribution >= 4 is 23.7 Å². The molecule has 2 aromatic carbocycles. The van der Waals surface area contributed by atoms with Crippen LogP contribution in [0.3, 0.4) is 0 Å². The summed E-state index contributed by atoms with van der Waals surface area (Å²) in [5, 5.41) is 3.96. The highest BCUT2D eigenvalue weighted by Crippen LogP contribution is 2.31. The van der Waals surface area contributed by atoms with Crippen LogP contribution in [0.4, 0.5) is 5.69 Å². The van der Waals surface area contributed by atoms with E-state index in [9.17, 15) is 9.59 Å². The summed E-state index contributed by atoms with van der Waals surface area (Å²) in [6, 6.07) is 14.8. The Hall–Kier alpha value is -3.15. The molecule has 3 rings (SSSR count). The Balaban J connectivity index is 1.65. The first-order chi connectivity index (χ1) is 11.6. The van der Waals surface area contributed by atoms with E-state index in [0.717, 1.165) is 11.1 Å². The van der Waals surface area contributed by atoms with Gasteiger partial charge in [-0.05, 0) is 30.2 Å². The molecule has 1 aliphatic heterocycles. The second-order valence-corrected chi connectivity index (χ2v) is 5.39. The molecule has 0 aromatic heterocycles. The molecule has 0 radical (unpaired) electrons. The van der Waals surface area contributed by atoms with Crippen LogP contribution in [0.15, 0.2) is 53.6 Å². The number of rotatable bonds is 4. The molecule has 0 unspecified atom stereocenters. The molecular weight excluding hydrogens is 306 g/mol. The van der Waals surface area contributed by atoms with Gasteiger partial charge in [0.05, 0.1) is 11.9 Å². The summed E-state index contributed by atoms with van der Waals surface area (Å²) in [5.41, 5.74) is 5.03. The average molecular weight is 323 g/mol. The van der Waals surface area contributed by atoms with Crippen molar-refractivity contribution in [1.82, 2.24) is 5.43 Å². The van der Waals surface area contributed by atoms with E-state index in [2.05, 4.69) is 10.5 Å². The van der Waals surface area contributed by atoms with Crippen LogP contribution in [0.1, 0.15) is 11.1 Å². The van der Waals surface area contributed by atoms with E-state index >= 15 is 0 Å². The first-order valence-corrected chi connectivity index (χ1v) is 7.55. The molecule has 0 aliphatic carbocycles. The second-order valence-electron chi connectivity index (χ2n) is 5.39. The van der Waals surface area contributed by atoms with Crippen LogP contribution >= 0.6 is 0 Å². The predicted molar refractivity (Wildman–Crippen MR) is 91.2 cm³/mol. The third kappa shape index (κ3) is 3.43. The summed E-state index contributed by atoms with van der Waals surface area (Å²) in [6.07, 6.45) is 1.59. The molecule has 0 bridgehead atoms. The van der Waals surface area contributed by atoms with Crippen LogP contribution in [0, 0.1) is 6.92 Å². The van der Waals surface area contributed by atoms with Crippen LogP contribution in [-0.4, -0.2) is 31.2 Å². The van der Waals surface area contributed by atoms with E-state index in [4.69, 9.17) is 4.74 Å². The molecule has 0 fully saturated rings. The maximum atomic E-state index is 12.1. The minimum absolute atomic E-state index is 0.0726. The van der Waals surface area contributed by atoms with Gasteiger partial charge in [0.1, 0.15) is 12.3 Å². The fourth-order valence-electron chi connectivity index (χ4n) is 2.41. The topological polar surface area (TPSA) is 71.0 Å². The highest BCUT2D eigenvalue weighted by molar-refractivity contribution is 6.02. The fourth-order valence-corrected chi connectivity index (χ4v) is 2.41. The molecule has 0 saturated carbocycles. The molecule has 122 valence electrons. The van der Waals surface area contributed by atoms with Crippen molar-refractivity contribution in [2.45, 2.75) is 6.92 Å². The summed E-state index contributed by atoms with van der Waals surface area (Å²) < 4.78 is 5.35. The largest absolute Gasteiger partial charge is 0.482 e. The number of hydrogen-bond donors (Lipinski definition) is 1. The Morgan fingerprint density at radius 3 is 2.83 bits per heavy atom. The number of aryl methyl sites for hydroxylation is 1. The lowest BCUT2D eigenvalue weighted by Crippen LogP contribution is -2.44. The highest BCUT2D eigenvalue weighted by atomic mass is 16.5. The van der Waals surface area contributed by atoms with Crippen molar-refractivity contribution in [3.8, 4) is 5.75 Å². The molecular formula is C18H17N3O3. The van der Waals surface area contributed by atoms with Crippen molar-refractivity contribution in [1.29, 1.82) is 0 Å². The number of fused-ring (bicyclic) bond motifs is 1. The minimum Gasteiger partial charge on any atom is -0.482 e. The van der Waals surface area contributed by atoms with E-state index in [1.54, 1.807) is 24.4 Å². The Kier molecular flexibility index (Phi) is 4.56. The number of anilines is 1. The number of carbonyl (C=O) groups excluding carboxylic acids is 2. The Labute approximate surface area is 139 Å². The summed E-state index contributed by atoms with van der Waals surface area (Å²) in [4.78, 5) is 25.5. The van der Waals surface area contributed by atoms with Crippen molar-refractivity contribution < 1.29 is 14.3 Å². The van der Waals surface area contributed by atoms with E-state index < -0.39 is 0 Å². The number of amides is 2. The molecule has 0 atom stereocenters. The van der Waals surface area contributed by atoms with Crippen molar-refractivity contribution in [2.24, 2.45) is 5.10 Å². The number of nitrogens with one attached hydrogen (secondary N) is 1. The molecule has 6 heteroatoms. The van der Waals surface area contributed by atoms with Gasteiger partial charge < -0.3 is 4.74 Å². The average Bonchev–Trinajstić information content (AvgIpc) is 2.59. The second kappa shape index (κ2) is 6.95. The Morgan fingerprint density at radius 2 is 2.00 bits per heavy atom. The summed E-state index contributed by atoms with van der Waals surface area (Å²) in [5.74, 6) is -0.0371. The highest BCUT2D eigenvalue weighted by Gasteiger charge is 2.26. The number of hydrazone groups is 1. The monoisotopic (exact) mass is 323 g/mol. The Morgan fingerprint density at radius 1 is 1.25 bits per heavy atom. The summed E-state index contributed by atoms with van der Waals surface area (Å²) >= 11 is 0. The lowest BCUT2D eigenvalue weighted by molar-refractivity contribution is -0.125. The van der Waals surface area contributed by atoms with Gasteiger partial charge in [0, 0.05) is 0 Å². The molecule has 1 aliphatic rings. The van der Waals surface area contributed by atoms with E-state index in [1.807, 2.05) is 37.3 Å². The standard InChI is InChI=1S/C18H17N3O3/c1-13-6-2-3-7-14(13)10-19-20-17(22)11-21-15-8-4-5-9-16(15)24-12-18(21)23/h2-10H,11-12H2,1H3,(H,20,22)/b19-10-. The van der Waals surface area contributed by atoms with Gasteiger partial charge >= 0.3 is 0 Å².